The predicted molar refractivity (Wildman–Crippen MR) is 131 cm³/mol. The van der Waals surface area contributed by atoms with Crippen LogP contribution in [0.3, 0.4) is 0 Å². The summed E-state index contributed by atoms with van der Waals surface area (Å²) in [7, 11) is 0. The van der Waals surface area contributed by atoms with E-state index in [1.54, 1.807) is 30.3 Å². The van der Waals surface area contributed by atoms with Gasteiger partial charge in [0, 0.05) is 37.1 Å². The lowest BCUT2D eigenvalue weighted by atomic mass is 10.0. The van der Waals surface area contributed by atoms with Gasteiger partial charge in [0.1, 0.15) is 29.8 Å². The van der Waals surface area contributed by atoms with Crippen molar-refractivity contribution in [3.63, 3.8) is 0 Å². The molecule has 0 bridgehead atoms. The van der Waals surface area contributed by atoms with Crippen LogP contribution in [0.25, 0.3) is 0 Å². The van der Waals surface area contributed by atoms with Gasteiger partial charge in [-0.3, -0.25) is 9.69 Å². The van der Waals surface area contributed by atoms with Gasteiger partial charge < -0.3 is 19.9 Å². The molecule has 9 heteroatoms. The molecule has 2 aliphatic rings. The lowest BCUT2D eigenvalue weighted by molar-refractivity contribution is -0.114. The van der Waals surface area contributed by atoms with Gasteiger partial charge in [-0.2, -0.15) is 0 Å². The summed E-state index contributed by atoms with van der Waals surface area (Å²) >= 11 is 18.1. The predicted octanol–water partition coefficient (Wildman–Crippen LogP) is 5.42. The second-order valence-corrected chi connectivity index (χ2v) is 9.79. The molecule has 1 aliphatic heterocycles. The van der Waals surface area contributed by atoms with E-state index in [0.29, 0.717) is 26.5 Å². The smallest absolute Gasteiger partial charge is 0.221 e. The topological polar surface area (TPSA) is 71.0 Å². The number of hydrogen-bond acceptors (Lipinski definition) is 5. The van der Waals surface area contributed by atoms with E-state index < -0.39 is 6.10 Å². The number of carbonyl (C=O) groups excluding carboxylic acids is 1. The first-order valence-electron chi connectivity index (χ1n) is 11.1. The number of ether oxygens (including phenoxy) is 2. The minimum Gasteiger partial charge on any atom is -0.490 e. The third-order valence-corrected chi connectivity index (χ3v) is 7.17. The zero-order chi connectivity index (χ0) is 23.5. The monoisotopic (exact) mass is 512 g/mol. The van der Waals surface area contributed by atoms with Crippen molar-refractivity contribution in [2.24, 2.45) is 0 Å². The summed E-state index contributed by atoms with van der Waals surface area (Å²) in [4.78, 5) is 13.8. The van der Waals surface area contributed by atoms with Crippen LogP contribution in [0.15, 0.2) is 36.4 Å². The van der Waals surface area contributed by atoms with Gasteiger partial charge in [-0.15, -0.1) is 0 Å². The van der Waals surface area contributed by atoms with Crippen LogP contribution in [-0.2, 0) is 4.79 Å². The van der Waals surface area contributed by atoms with Gasteiger partial charge >= 0.3 is 0 Å². The Morgan fingerprint density at radius 2 is 1.76 bits per heavy atom. The number of nitrogens with one attached hydrogen (secondary N) is 1. The highest BCUT2D eigenvalue weighted by atomic mass is 35.5. The Morgan fingerprint density at radius 1 is 1.00 bits per heavy atom. The summed E-state index contributed by atoms with van der Waals surface area (Å²) in [5, 5.41) is 15.2. The molecule has 3 atom stereocenters. The average molecular weight is 514 g/mol. The number of aliphatic hydroxyl groups excluding tert-OH is 1. The van der Waals surface area contributed by atoms with Crippen LogP contribution in [0, 0.1) is 0 Å². The molecule has 1 aliphatic carbocycles. The van der Waals surface area contributed by atoms with Gasteiger partial charge in [0.25, 0.3) is 0 Å². The summed E-state index contributed by atoms with van der Waals surface area (Å²) in [6.07, 6.45) is 2.41. The lowest BCUT2D eigenvalue weighted by Crippen LogP contribution is -2.49. The fraction of sp³-hybridized carbons (Fsp3) is 0.458. The van der Waals surface area contributed by atoms with Crippen LogP contribution in [0.1, 0.15) is 32.6 Å². The van der Waals surface area contributed by atoms with Crippen molar-refractivity contribution in [2.75, 3.05) is 18.4 Å². The number of nitrogens with zero attached hydrogens (tertiary/aromatic N) is 1. The summed E-state index contributed by atoms with van der Waals surface area (Å²) in [5.41, 5.74) is 0.505. The van der Waals surface area contributed by atoms with E-state index >= 15 is 0 Å². The van der Waals surface area contributed by atoms with Crippen molar-refractivity contribution in [2.45, 2.75) is 57.0 Å². The van der Waals surface area contributed by atoms with E-state index in [2.05, 4.69) is 10.2 Å². The quantitative estimate of drug-likeness (QED) is 0.540. The molecule has 2 fully saturated rings. The zero-order valence-electron chi connectivity index (χ0n) is 18.3. The molecule has 2 N–H and O–H groups in total. The van der Waals surface area contributed by atoms with E-state index in [9.17, 15) is 9.90 Å². The van der Waals surface area contributed by atoms with Gasteiger partial charge in [0.05, 0.1) is 15.7 Å². The van der Waals surface area contributed by atoms with Crippen LogP contribution in [0.5, 0.6) is 11.5 Å². The number of carbonyl (C=O) groups is 1. The summed E-state index contributed by atoms with van der Waals surface area (Å²) in [6, 6.07) is 10.4. The van der Waals surface area contributed by atoms with Crippen molar-refractivity contribution < 1.29 is 19.4 Å². The number of halogens is 3. The fourth-order valence-corrected chi connectivity index (χ4v) is 5.03. The number of benzene rings is 2. The summed E-state index contributed by atoms with van der Waals surface area (Å²) < 4.78 is 12.2. The van der Waals surface area contributed by atoms with Crippen LogP contribution in [0.4, 0.5) is 5.69 Å². The van der Waals surface area contributed by atoms with E-state index in [1.807, 2.05) is 6.07 Å². The van der Waals surface area contributed by atoms with Gasteiger partial charge in [0.2, 0.25) is 5.91 Å². The van der Waals surface area contributed by atoms with E-state index in [4.69, 9.17) is 44.3 Å². The molecule has 6 nitrogen and oxygen atoms in total. The first kappa shape index (κ1) is 24.4. The molecule has 178 valence electrons. The van der Waals surface area contributed by atoms with E-state index in [-0.39, 0.29) is 24.2 Å². The molecule has 0 aromatic heterocycles. The minimum atomic E-state index is -0.626. The second-order valence-electron chi connectivity index (χ2n) is 8.54. The second kappa shape index (κ2) is 10.7. The average Bonchev–Trinajstić information content (AvgIpc) is 3.13. The molecule has 0 radical (unpaired) electrons. The standard InChI is InChI=1S/C24H27Cl3N2O4/c1-14(30)28-20-12-15(25)2-6-22(20)33-23-7-5-21(24(23)31)29-10-8-16(9-11-29)32-17-3-4-18(26)19(27)13-17/h2-4,6,12-13,16,21,23-24,31H,5,7-11H2,1H3,(H,28,30)/t21-,23-,24-/m0/s1. The molecular weight excluding hydrogens is 487 g/mol. The maximum absolute atomic E-state index is 11.5. The Hall–Kier alpha value is -1.70. The molecule has 33 heavy (non-hydrogen) atoms. The number of amides is 1. The number of piperidine rings is 1. The highest BCUT2D eigenvalue weighted by Crippen LogP contribution is 2.35. The molecule has 1 saturated heterocycles. The number of aliphatic hydroxyl groups is 1. The van der Waals surface area contributed by atoms with Crippen LogP contribution < -0.4 is 14.8 Å². The Bertz CT molecular complexity index is 998. The summed E-state index contributed by atoms with van der Waals surface area (Å²) in [5.74, 6) is 1.01. The molecule has 1 heterocycles. The first-order chi connectivity index (χ1) is 15.8. The SMILES string of the molecule is CC(=O)Nc1cc(Cl)ccc1O[C@H]1CC[C@H](N2CCC(Oc3ccc(Cl)c(Cl)c3)CC2)[C@@H]1O. The third kappa shape index (κ3) is 6.06. The number of hydrogen-bond donors (Lipinski definition) is 2. The highest BCUT2D eigenvalue weighted by molar-refractivity contribution is 6.42. The van der Waals surface area contributed by atoms with Crippen LogP contribution in [0.2, 0.25) is 15.1 Å². The molecule has 1 saturated carbocycles. The van der Waals surface area contributed by atoms with Gasteiger partial charge in [-0.05, 0) is 56.0 Å². The van der Waals surface area contributed by atoms with Crippen LogP contribution >= 0.6 is 34.8 Å². The third-order valence-electron chi connectivity index (χ3n) is 6.19. The number of anilines is 1. The highest BCUT2D eigenvalue weighted by Gasteiger charge is 2.41. The lowest BCUT2D eigenvalue weighted by Gasteiger charge is -2.37. The number of likely N-dealkylation sites (tertiary alicyclic amines) is 1. The molecule has 1 amide bonds. The first-order valence-corrected chi connectivity index (χ1v) is 12.2. The van der Waals surface area contributed by atoms with Gasteiger partial charge in [-0.1, -0.05) is 34.8 Å². The van der Waals surface area contributed by atoms with E-state index in [0.717, 1.165) is 44.5 Å². The fourth-order valence-electron chi connectivity index (χ4n) is 4.57. The maximum Gasteiger partial charge on any atom is 0.221 e. The maximum atomic E-state index is 11.5. The van der Waals surface area contributed by atoms with Crippen molar-refractivity contribution in [3.05, 3.63) is 51.5 Å². The van der Waals surface area contributed by atoms with Crippen molar-refractivity contribution in [1.29, 1.82) is 0 Å². The van der Waals surface area contributed by atoms with Crippen molar-refractivity contribution in [3.8, 4) is 11.5 Å². The van der Waals surface area contributed by atoms with Gasteiger partial charge in [-0.25, -0.2) is 0 Å². The molecule has 4 rings (SSSR count). The molecular formula is C24H27Cl3N2O4. The van der Waals surface area contributed by atoms with E-state index in [1.165, 1.54) is 6.92 Å². The van der Waals surface area contributed by atoms with Crippen LogP contribution in [-0.4, -0.2) is 53.4 Å². The Kier molecular flexibility index (Phi) is 7.92. The molecule has 2 aromatic rings. The number of rotatable bonds is 6. The Labute approximate surface area is 208 Å². The van der Waals surface area contributed by atoms with Gasteiger partial charge in [0.15, 0.2) is 0 Å². The largest absolute Gasteiger partial charge is 0.490 e. The summed E-state index contributed by atoms with van der Waals surface area (Å²) in [6.45, 7) is 3.09. The van der Waals surface area contributed by atoms with Crippen molar-refractivity contribution in [1.82, 2.24) is 4.90 Å². The molecule has 0 spiro atoms. The molecule has 0 unspecified atom stereocenters. The minimum absolute atomic E-state index is 0.0254. The molecule has 2 aromatic carbocycles. The Morgan fingerprint density at radius 3 is 2.45 bits per heavy atom. The Balaban J connectivity index is 1.32. The zero-order valence-corrected chi connectivity index (χ0v) is 20.5. The van der Waals surface area contributed by atoms with Crippen molar-refractivity contribution >= 4 is 46.4 Å². The normalized spacial score (nSPS) is 24.0.